The molecule has 4 heterocycles. The van der Waals surface area contributed by atoms with E-state index in [1.54, 1.807) is 24.5 Å². The number of nitrogens with one attached hydrogen (secondary N) is 1. The molecule has 8 heteroatoms. The molecule has 0 aliphatic carbocycles. The Morgan fingerprint density at radius 3 is 2.75 bits per heavy atom. The van der Waals surface area contributed by atoms with Crippen molar-refractivity contribution in [2.24, 2.45) is 7.05 Å². The Kier molecular flexibility index (Phi) is 5.26. The molecule has 4 rings (SSSR count). The molecule has 8 nitrogen and oxygen atoms in total. The highest BCUT2D eigenvalue weighted by Gasteiger charge is 2.26. The number of aromatic nitrogens is 5. The zero-order valence-electron chi connectivity index (χ0n) is 15.8. The molecule has 1 N–H and O–H groups in total. The van der Waals surface area contributed by atoms with Crippen LogP contribution < -0.4 is 5.32 Å². The number of aryl methyl sites for hydroxylation is 1. The number of anilines is 2. The van der Waals surface area contributed by atoms with Gasteiger partial charge < -0.3 is 9.88 Å². The van der Waals surface area contributed by atoms with Crippen LogP contribution in [0.3, 0.4) is 0 Å². The number of hydrogen-bond donors (Lipinski definition) is 1. The lowest BCUT2D eigenvalue weighted by atomic mass is 9.99. The maximum absolute atomic E-state index is 8.83. The molecule has 3 aromatic heterocycles. The molecule has 1 aliphatic rings. The Bertz CT molecular complexity index is 955. The number of imidazole rings is 1. The van der Waals surface area contributed by atoms with Gasteiger partial charge in [0, 0.05) is 19.4 Å². The molecule has 1 atom stereocenters. The number of hydrogen-bond acceptors (Lipinski definition) is 7. The fraction of sp³-hybridized carbons (Fsp3) is 0.350. The smallest absolute Gasteiger partial charge is 0.148 e. The largest absolute Gasteiger partial charge is 0.338 e. The standard InChI is InChI=1S/C20H22N8/c1-27-9-7-22-20(27)14-28-8-3-2-4-18(28)17-12-25-19(13-24-17)26-16-6-5-15(10-21)23-11-16/h5-7,9,11-13,18H,2-4,8,14H2,1H3,(H,25,26)/t18-/m0/s1. The maximum atomic E-state index is 8.83. The fourth-order valence-corrected chi connectivity index (χ4v) is 3.50. The van der Waals surface area contributed by atoms with Crippen LogP contribution in [0.15, 0.2) is 43.1 Å². The van der Waals surface area contributed by atoms with E-state index in [0.717, 1.165) is 36.7 Å². The van der Waals surface area contributed by atoms with Crippen molar-refractivity contribution in [2.75, 3.05) is 11.9 Å². The zero-order chi connectivity index (χ0) is 19.3. The van der Waals surface area contributed by atoms with Crippen molar-refractivity contribution in [3.63, 3.8) is 0 Å². The summed E-state index contributed by atoms with van der Waals surface area (Å²) in [5, 5.41) is 12.0. The number of pyridine rings is 1. The summed E-state index contributed by atoms with van der Waals surface area (Å²) in [6, 6.07) is 5.73. The summed E-state index contributed by atoms with van der Waals surface area (Å²) in [7, 11) is 2.03. The van der Waals surface area contributed by atoms with E-state index in [4.69, 9.17) is 5.26 Å². The lowest BCUT2D eigenvalue weighted by Crippen LogP contribution is -2.34. The average Bonchev–Trinajstić information content (AvgIpc) is 3.14. The van der Waals surface area contributed by atoms with Crippen LogP contribution in [0.2, 0.25) is 0 Å². The Labute approximate surface area is 163 Å². The van der Waals surface area contributed by atoms with Gasteiger partial charge in [0.2, 0.25) is 0 Å². The van der Waals surface area contributed by atoms with Crippen LogP contribution in [0.5, 0.6) is 0 Å². The van der Waals surface area contributed by atoms with Crippen molar-refractivity contribution in [3.05, 3.63) is 60.3 Å². The van der Waals surface area contributed by atoms with Gasteiger partial charge in [0.05, 0.1) is 42.6 Å². The third kappa shape index (κ3) is 4.00. The van der Waals surface area contributed by atoms with E-state index >= 15 is 0 Å². The van der Waals surface area contributed by atoms with Crippen molar-refractivity contribution in [2.45, 2.75) is 31.8 Å². The van der Waals surface area contributed by atoms with Crippen molar-refractivity contribution in [3.8, 4) is 6.07 Å². The first kappa shape index (κ1) is 18.1. The Morgan fingerprint density at radius 2 is 2.07 bits per heavy atom. The van der Waals surface area contributed by atoms with Gasteiger partial charge in [-0.3, -0.25) is 9.88 Å². The molecular weight excluding hydrogens is 352 g/mol. The topological polar surface area (TPSA) is 95.6 Å². The van der Waals surface area contributed by atoms with Gasteiger partial charge in [0.15, 0.2) is 0 Å². The molecule has 0 radical (unpaired) electrons. The van der Waals surface area contributed by atoms with Gasteiger partial charge in [0.25, 0.3) is 0 Å². The van der Waals surface area contributed by atoms with Gasteiger partial charge in [-0.05, 0) is 31.5 Å². The summed E-state index contributed by atoms with van der Waals surface area (Å²) < 4.78 is 2.07. The summed E-state index contributed by atoms with van der Waals surface area (Å²) in [5.41, 5.74) is 2.14. The second-order valence-electron chi connectivity index (χ2n) is 6.93. The molecule has 0 spiro atoms. The van der Waals surface area contributed by atoms with Gasteiger partial charge >= 0.3 is 0 Å². The molecule has 3 aromatic rings. The molecule has 142 valence electrons. The van der Waals surface area contributed by atoms with E-state index in [1.807, 2.05) is 31.7 Å². The van der Waals surface area contributed by atoms with Crippen molar-refractivity contribution >= 4 is 11.5 Å². The van der Waals surface area contributed by atoms with Crippen LogP contribution >= 0.6 is 0 Å². The lowest BCUT2D eigenvalue weighted by molar-refractivity contribution is 0.132. The zero-order valence-corrected chi connectivity index (χ0v) is 15.8. The van der Waals surface area contributed by atoms with E-state index < -0.39 is 0 Å². The van der Waals surface area contributed by atoms with Gasteiger partial charge in [-0.1, -0.05) is 6.42 Å². The number of piperidine rings is 1. The van der Waals surface area contributed by atoms with Gasteiger partial charge in [-0.2, -0.15) is 5.26 Å². The van der Waals surface area contributed by atoms with Crippen LogP contribution in [0.4, 0.5) is 11.5 Å². The number of rotatable bonds is 5. The van der Waals surface area contributed by atoms with Gasteiger partial charge in [-0.25, -0.2) is 15.0 Å². The second kappa shape index (κ2) is 8.15. The van der Waals surface area contributed by atoms with Crippen LogP contribution in [0.1, 0.15) is 42.5 Å². The predicted molar refractivity (Wildman–Crippen MR) is 104 cm³/mol. The van der Waals surface area contributed by atoms with Crippen LogP contribution in [0, 0.1) is 11.3 Å². The number of nitriles is 1. The molecule has 0 unspecified atom stereocenters. The van der Waals surface area contributed by atoms with Gasteiger partial charge in [0.1, 0.15) is 23.4 Å². The summed E-state index contributed by atoms with van der Waals surface area (Å²) >= 11 is 0. The van der Waals surface area contributed by atoms with Crippen LogP contribution in [0.25, 0.3) is 0 Å². The summed E-state index contributed by atoms with van der Waals surface area (Å²) in [5.74, 6) is 1.72. The predicted octanol–water partition coefficient (Wildman–Crippen LogP) is 2.95. The molecule has 28 heavy (non-hydrogen) atoms. The maximum Gasteiger partial charge on any atom is 0.148 e. The van der Waals surface area contributed by atoms with Crippen LogP contribution in [-0.2, 0) is 13.6 Å². The average molecular weight is 374 g/mol. The summed E-state index contributed by atoms with van der Waals surface area (Å²) in [4.78, 5) is 20.1. The highest BCUT2D eigenvalue weighted by molar-refractivity contribution is 5.54. The first-order chi connectivity index (χ1) is 13.7. The normalized spacial score (nSPS) is 17.2. The Balaban J connectivity index is 1.46. The van der Waals surface area contributed by atoms with Crippen molar-refractivity contribution in [1.82, 2.24) is 29.4 Å². The lowest BCUT2D eigenvalue weighted by Gasteiger charge is -2.34. The number of nitrogens with zero attached hydrogens (tertiary/aromatic N) is 7. The van der Waals surface area contributed by atoms with Crippen molar-refractivity contribution < 1.29 is 0 Å². The Morgan fingerprint density at radius 1 is 1.14 bits per heavy atom. The van der Waals surface area contributed by atoms with E-state index in [-0.39, 0.29) is 6.04 Å². The SMILES string of the molecule is Cn1ccnc1CN1CCCC[C@H]1c1cnc(Nc2ccc(C#N)nc2)cn1. The first-order valence-corrected chi connectivity index (χ1v) is 9.38. The van der Waals surface area contributed by atoms with E-state index in [1.165, 1.54) is 12.8 Å². The molecule has 0 amide bonds. The fourth-order valence-electron chi connectivity index (χ4n) is 3.50. The molecule has 0 saturated carbocycles. The minimum atomic E-state index is 0.253. The third-order valence-electron chi connectivity index (χ3n) is 5.04. The highest BCUT2D eigenvalue weighted by atomic mass is 15.2. The number of likely N-dealkylation sites (tertiary alicyclic amines) is 1. The van der Waals surface area contributed by atoms with Crippen LogP contribution in [-0.4, -0.2) is 35.9 Å². The molecule has 1 saturated heterocycles. The first-order valence-electron chi connectivity index (χ1n) is 9.38. The summed E-state index contributed by atoms with van der Waals surface area (Å²) in [6.45, 7) is 1.85. The Hall–Kier alpha value is -3.31. The third-order valence-corrected chi connectivity index (χ3v) is 5.04. The molecule has 0 bridgehead atoms. The minimum Gasteiger partial charge on any atom is -0.338 e. The molecule has 1 aliphatic heterocycles. The van der Waals surface area contributed by atoms with Crippen molar-refractivity contribution in [1.29, 1.82) is 5.26 Å². The van der Waals surface area contributed by atoms with E-state index in [2.05, 4.69) is 34.7 Å². The van der Waals surface area contributed by atoms with E-state index in [9.17, 15) is 0 Å². The summed E-state index contributed by atoms with van der Waals surface area (Å²) in [6.07, 6.45) is 12.5. The molecular formula is C20H22N8. The second-order valence-corrected chi connectivity index (χ2v) is 6.93. The molecule has 1 fully saturated rings. The monoisotopic (exact) mass is 374 g/mol. The molecule has 0 aromatic carbocycles. The highest BCUT2D eigenvalue weighted by Crippen LogP contribution is 2.30. The van der Waals surface area contributed by atoms with E-state index in [0.29, 0.717) is 11.5 Å². The van der Waals surface area contributed by atoms with Gasteiger partial charge in [-0.15, -0.1) is 0 Å². The minimum absolute atomic E-state index is 0.253. The quantitative estimate of drug-likeness (QED) is 0.733.